The van der Waals surface area contributed by atoms with Gasteiger partial charge in [0.2, 0.25) is 0 Å². The molecule has 0 heterocycles. The molecule has 0 saturated carbocycles. The number of hydrogen-bond donors (Lipinski definition) is 2. The van der Waals surface area contributed by atoms with Gasteiger partial charge in [-0.1, -0.05) is 38.1 Å². The third kappa shape index (κ3) is 6.52. The van der Waals surface area contributed by atoms with E-state index in [-0.39, 0.29) is 11.7 Å². The van der Waals surface area contributed by atoms with Crippen LogP contribution in [-0.4, -0.2) is 36.2 Å². The molecule has 0 bridgehead atoms. The molecule has 2 aromatic rings. The quantitative estimate of drug-likeness (QED) is 0.449. The molecule has 0 aliphatic heterocycles. The van der Waals surface area contributed by atoms with E-state index in [2.05, 4.69) is 26.6 Å². The minimum atomic E-state index is -0.918. The van der Waals surface area contributed by atoms with E-state index in [0.29, 0.717) is 21.3 Å². The number of esters is 1. The van der Waals surface area contributed by atoms with E-state index in [1.165, 1.54) is 13.0 Å². The second kappa shape index (κ2) is 10.7. The smallest absolute Gasteiger partial charge is 0.329 e. The number of nitrogens with one attached hydrogen (secondary N) is 2. The van der Waals surface area contributed by atoms with Gasteiger partial charge in [0.1, 0.15) is 6.04 Å². The van der Waals surface area contributed by atoms with Crippen LogP contribution in [0.5, 0.6) is 0 Å². The first-order chi connectivity index (χ1) is 14.2. The first-order valence-electron chi connectivity index (χ1n) is 9.32. The predicted molar refractivity (Wildman–Crippen MR) is 116 cm³/mol. The number of carbonyl (C=O) groups is 4. The standard InChI is InChI=1S/C22H23BrN2O5/c1-13(2)20(25-21(28)17-9-4-5-10-18(17)23)22(29)30-12-19(27)24-16-8-6-7-15(11-16)14(3)26/h4-11,13,20H,12H2,1-3H3,(H,24,27)(H,25,28)/t20-/m0/s1. The number of ketones is 1. The Bertz CT molecular complexity index is 958. The highest BCUT2D eigenvalue weighted by molar-refractivity contribution is 9.10. The zero-order valence-corrected chi connectivity index (χ0v) is 18.5. The highest BCUT2D eigenvalue weighted by Gasteiger charge is 2.27. The summed E-state index contributed by atoms with van der Waals surface area (Å²) in [5, 5.41) is 5.23. The molecule has 0 aliphatic carbocycles. The fourth-order valence-corrected chi connectivity index (χ4v) is 3.07. The molecule has 7 nitrogen and oxygen atoms in total. The van der Waals surface area contributed by atoms with Crippen molar-refractivity contribution >= 4 is 45.2 Å². The lowest BCUT2D eigenvalue weighted by Crippen LogP contribution is -2.46. The summed E-state index contributed by atoms with van der Waals surface area (Å²) in [6.45, 7) is 4.44. The van der Waals surface area contributed by atoms with Gasteiger partial charge < -0.3 is 15.4 Å². The average molecular weight is 475 g/mol. The highest BCUT2D eigenvalue weighted by Crippen LogP contribution is 2.17. The SMILES string of the molecule is CC(=O)c1cccc(NC(=O)COC(=O)[C@@H](NC(=O)c2ccccc2Br)C(C)C)c1. The van der Waals surface area contributed by atoms with Crippen LogP contribution in [0.3, 0.4) is 0 Å². The number of Topliss-reactive ketones (excluding diaryl/α,β-unsaturated/α-hetero) is 1. The topological polar surface area (TPSA) is 102 Å². The van der Waals surface area contributed by atoms with Crippen LogP contribution in [0.1, 0.15) is 41.5 Å². The van der Waals surface area contributed by atoms with E-state index in [1.807, 2.05) is 0 Å². The molecule has 2 aromatic carbocycles. The van der Waals surface area contributed by atoms with Crippen LogP contribution >= 0.6 is 15.9 Å². The molecule has 0 spiro atoms. The van der Waals surface area contributed by atoms with Crippen molar-refractivity contribution in [3.63, 3.8) is 0 Å². The molecular weight excluding hydrogens is 452 g/mol. The van der Waals surface area contributed by atoms with Crippen LogP contribution in [0.25, 0.3) is 0 Å². The molecule has 2 rings (SSSR count). The molecule has 1 atom stereocenters. The summed E-state index contributed by atoms with van der Waals surface area (Å²) in [5.74, 6) is -2.07. The molecule has 0 unspecified atom stereocenters. The number of halogens is 1. The molecular formula is C22H23BrN2O5. The minimum absolute atomic E-state index is 0.127. The van der Waals surface area contributed by atoms with Crippen molar-refractivity contribution in [1.82, 2.24) is 5.32 Å². The van der Waals surface area contributed by atoms with Crippen LogP contribution in [0, 0.1) is 5.92 Å². The van der Waals surface area contributed by atoms with Gasteiger partial charge in [-0.15, -0.1) is 0 Å². The third-order valence-electron chi connectivity index (χ3n) is 4.22. The van der Waals surface area contributed by atoms with Crippen molar-refractivity contribution in [1.29, 1.82) is 0 Å². The molecule has 30 heavy (non-hydrogen) atoms. The van der Waals surface area contributed by atoms with E-state index in [4.69, 9.17) is 4.74 Å². The van der Waals surface area contributed by atoms with Gasteiger partial charge in [-0.05, 0) is 53.0 Å². The zero-order valence-electron chi connectivity index (χ0n) is 16.9. The summed E-state index contributed by atoms with van der Waals surface area (Å²) in [5.41, 5.74) is 1.27. The Morgan fingerprint density at radius 2 is 1.73 bits per heavy atom. The number of anilines is 1. The van der Waals surface area contributed by atoms with Gasteiger partial charge in [-0.25, -0.2) is 4.79 Å². The largest absolute Gasteiger partial charge is 0.454 e. The number of amides is 2. The monoisotopic (exact) mass is 474 g/mol. The first kappa shape index (κ1) is 23.3. The summed E-state index contributed by atoms with van der Waals surface area (Å²) in [6.07, 6.45) is 0. The summed E-state index contributed by atoms with van der Waals surface area (Å²) in [4.78, 5) is 48.5. The maximum atomic E-state index is 12.5. The van der Waals surface area contributed by atoms with Crippen molar-refractivity contribution in [3.8, 4) is 0 Å². The Hall–Kier alpha value is -3.00. The average Bonchev–Trinajstić information content (AvgIpc) is 2.70. The second-order valence-electron chi connectivity index (χ2n) is 6.97. The summed E-state index contributed by atoms with van der Waals surface area (Å²) >= 11 is 3.31. The lowest BCUT2D eigenvalue weighted by Gasteiger charge is -2.21. The van der Waals surface area contributed by atoms with Gasteiger partial charge in [0.15, 0.2) is 12.4 Å². The molecule has 2 amide bonds. The van der Waals surface area contributed by atoms with Crippen molar-refractivity contribution in [2.24, 2.45) is 5.92 Å². The maximum absolute atomic E-state index is 12.5. The molecule has 0 fully saturated rings. The van der Waals surface area contributed by atoms with Gasteiger partial charge >= 0.3 is 5.97 Å². The number of hydrogen-bond acceptors (Lipinski definition) is 5. The first-order valence-corrected chi connectivity index (χ1v) is 10.1. The lowest BCUT2D eigenvalue weighted by molar-refractivity contribution is -0.150. The van der Waals surface area contributed by atoms with E-state index in [1.54, 1.807) is 56.3 Å². The van der Waals surface area contributed by atoms with Crippen LogP contribution in [0.15, 0.2) is 53.0 Å². The zero-order chi connectivity index (χ0) is 22.3. The Morgan fingerprint density at radius 3 is 2.37 bits per heavy atom. The van der Waals surface area contributed by atoms with E-state index in [0.717, 1.165) is 0 Å². The Morgan fingerprint density at radius 1 is 1.03 bits per heavy atom. The van der Waals surface area contributed by atoms with Crippen molar-refractivity contribution in [2.45, 2.75) is 26.8 Å². The minimum Gasteiger partial charge on any atom is -0.454 e. The third-order valence-corrected chi connectivity index (χ3v) is 4.92. The second-order valence-corrected chi connectivity index (χ2v) is 7.82. The van der Waals surface area contributed by atoms with Gasteiger partial charge in [0.05, 0.1) is 5.56 Å². The maximum Gasteiger partial charge on any atom is 0.329 e. The molecule has 8 heteroatoms. The van der Waals surface area contributed by atoms with Gasteiger partial charge in [0, 0.05) is 15.7 Å². The van der Waals surface area contributed by atoms with Gasteiger partial charge in [-0.3, -0.25) is 14.4 Å². The number of rotatable bonds is 8. The lowest BCUT2D eigenvalue weighted by atomic mass is 10.0. The normalized spacial score (nSPS) is 11.5. The summed E-state index contributed by atoms with van der Waals surface area (Å²) in [6, 6.07) is 12.4. The van der Waals surface area contributed by atoms with Gasteiger partial charge in [-0.2, -0.15) is 0 Å². The molecule has 0 aromatic heterocycles. The number of benzene rings is 2. The van der Waals surface area contributed by atoms with E-state index in [9.17, 15) is 19.2 Å². The van der Waals surface area contributed by atoms with Crippen molar-refractivity contribution in [2.75, 3.05) is 11.9 Å². The molecule has 0 radical (unpaired) electrons. The van der Waals surface area contributed by atoms with Gasteiger partial charge in [0.25, 0.3) is 11.8 Å². The number of ether oxygens (including phenoxy) is 1. The number of carbonyl (C=O) groups excluding carboxylic acids is 4. The molecule has 158 valence electrons. The van der Waals surface area contributed by atoms with E-state index >= 15 is 0 Å². The summed E-state index contributed by atoms with van der Waals surface area (Å²) in [7, 11) is 0. The van der Waals surface area contributed by atoms with Crippen LogP contribution in [0.2, 0.25) is 0 Å². The molecule has 0 aliphatic rings. The molecule has 2 N–H and O–H groups in total. The highest BCUT2D eigenvalue weighted by atomic mass is 79.9. The van der Waals surface area contributed by atoms with Crippen molar-refractivity contribution in [3.05, 3.63) is 64.1 Å². The van der Waals surface area contributed by atoms with Crippen LogP contribution in [-0.2, 0) is 14.3 Å². The van der Waals surface area contributed by atoms with Crippen molar-refractivity contribution < 1.29 is 23.9 Å². The van der Waals surface area contributed by atoms with E-state index < -0.39 is 30.4 Å². The Balaban J connectivity index is 1.96. The predicted octanol–water partition coefficient (Wildman–Crippen LogP) is 3.59. The Kier molecular flexibility index (Phi) is 8.29. The Labute approximate surface area is 183 Å². The fourth-order valence-electron chi connectivity index (χ4n) is 2.60. The molecule has 0 saturated heterocycles. The summed E-state index contributed by atoms with van der Waals surface area (Å²) < 4.78 is 5.70. The van der Waals surface area contributed by atoms with Crippen LogP contribution < -0.4 is 10.6 Å². The van der Waals surface area contributed by atoms with Crippen LogP contribution in [0.4, 0.5) is 5.69 Å². The fraction of sp³-hybridized carbons (Fsp3) is 0.273.